The molecular weight excluding hydrogens is 1190 g/mol. The van der Waals surface area contributed by atoms with Crippen LogP contribution in [0.2, 0.25) is 0 Å². The summed E-state index contributed by atoms with van der Waals surface area (Å²) in [7, 11) is -9.89. The molecule has 2 unspecified atom stereocenters. The van der Waals surface area contributed by atoms with Crippen molar-refractivity contribution < 1.29 is 80.2 Å². The molecule has 534 valence electrons. The Morgan fingerprint density at radius 3 is 0.756 bits per heavy atom. The maximum absolute atomic E-state index is 13.0. The van der Waals surface area contributed by atoms with E-state index in [0.29, 0.717) is 25.7 Å². The number of unbranched alkanes of at least 4 members (excludes halogenated alkanes) is 40. The molecule has 0 amide bonds. The molecule has 0 heterocycles. The van der Waals surface area contributed by atoms with E-state index < -0.39 is 97.5 Å². The molecule has 0 fully saturated rings. The van der Waals surface area contributed by atoms with Crippen molar-refractivity contribution in [2.45, 2.75) is 381 Å². The van der Waals surface area contributed by atoms with E-state index in [4.69, 9.17) is 37.0 Å². The van der Waals surface area contributed by atoms with Crippen LogP contribution in [-0.4, -0.2) is 96.7 Å². The predicted molar refractivity (Wildman–Crippen MR) is 363 cm³/mol. The normalized spacial score (nSPS) is 14.1. The van der Waals surface area contributed by atoms with E-state index in [1.165, 1.54) is 173 Å². The van der Waals surface area contributed by atoms with Gasteiger partial charge in [-0.2, -0.15) is 0 Å². The first-order chi connectivity index (χ1) is 43.4. The molecule has 0 aromatic carbocycles. The van der Waals surface area contributed by atoms with E-state index in [1.54, 1.807) is 0 Å². The topological polar surface area (TPSA) is 237 Å². The first-order valence-corrected chi connectivity index (χ1v) is 40.0. The molecule has 5 atom stereocenters. The quantitative estimate of drug-likeness (QED) is 0.0222. The lowest BCUT2D eigenvalue weighted by Gasteiger charge is -2.21. The molecule has 0 rings (SSSR count). The van der Waals surface area contributed by atoms with Gasteiger partial charge in [0.2, 0.25) is 0 Å². The van der Waals surface area contributed by atoms with Crippen LogP contribution in [0.5, 0.6) is 0 Å². The van der Waals surface area contributed by atoms with Gasteiger partial charge in [-0.1, -0.05) is 311 Å². The Hall–Kier alpha value is -1.94. The highest BCUT2D eigenvalue weighted by molar-refractivity contribution is 7.47. The molecule has 0 radical (unpaired) electrons. The maximum atomic E-state index is 13.0. The van der Waals surface area contributed by atoms with E-state index in [9.17, 15) is 43.2 Å². The summed E-state index contributed by atoms with van der Waals surface area (Å²) >= 11 is 0. The van der Waals surface area contributed by atoms with Gasteiger partial charge in [0.25, 0.3) is 0 Å². The second-order valence-corrected chi connectivity index (χ2v) is 29.5. The Morgan fingerprint density at radius 1 is 0.300 bits per heavy atom. The van der Waals surface area contributed by atoms with Crippen LogP contribution >= 0.6 is 15.6 Å². The molecule has 0 saturated carbocycles. The Morgan fingerprint density at radius 2 is 0.511 bits per heavy atom. The first kappa shape index (κ1) is 88.1. The minimum Gasteiger partial charge on any atom is -0.462 e. The lowest BCUT2D eigenvalue weighted by molar-refractivity contribution is -0.161. The van der Waals surface area contributed by atoms with Crippen molar-refractivity contribution in [3.63, 3.8) is 0 Å². The molecule has 0 saturated heterocycles. The second-order valence-electron chi connectivity index (χ2n) is 26.6. The fraction of sp³-hybridized carbons (Fsp3) is 0.944. The highest BCUT2D eigenvalue weighted by Gasteiger charge is 2.30. The molecule has 17 nitrogen and oxygen atoms in total. The van der Waals surface area contributed by atoms with E-state index >= 15 is 0 Å². The number of hydrogen-bond donors (Lipinski definition) is 3. The first-order valence-electron chi connectivity index (χ1n) is 37.0. The van der Waals surface area contributed by atoms with Gasteiger partial charge in [-0.15, -0.1) is 0 Å². The van der Waals surface area contributed by atoms with Crippen LogP contribution < -0.4 is 0 Å². The van der Waals surface area contributed by atoms with E-state index in [0.717, 1.165) is 108 Å². The third-order valence-corrected chi connectivity index (χ3v) is 18.4. The number of rotatable bonds is 70. The number of phosphoric ester groups is 2. The number of hydrogen-bond acceptors (Lipinski definition) is 15. The SMILES string of the molecule is CCCCCCCCCCCCCCCCCCCCCCCCC(=O)O[C@H](COC(=O)CCCCCCCCCCCC(C)C)COP(=O)(O)OC[C@@H](O)COP(=O)(O)OC[C@@H](COC(=O)CCCCCCC)OC(=O)CCCCCCCCCCC(C)C. The number of ether oxygens (including phenoxy) is 4. The minimum atomic E-state index is -4.95. The van der Waals surface area contributed by atoms with Crippen molar-refractivity contribution in [3.8, 4) is 0 Å². The zero-order valence-corrected chi connectivity index (χ0v) is 60.2. The van der Waals surface area contributed by atoms with Gasteiger partial charge >= 0.3 is 39.5 Å². The Kier molecular flexibility index (Phi) is 61.8. The standard InChI is InChI=1S/C71H138O17P2/c1-7-9-11-13-14-15-16-17-18-19-20-21-22-23-24-25-26-27-30-37-43-49-55-70(75)88-67(60-82-69(74)54-48-42-36-31-28-29-34-40-45-51-63(3)4)62-86-90(79,80)84-58-65(72)57-83-89(77,78)85-61-66(59-81-68(73)53-47-39-12-10-8-2)87-71(76)56-50-44-38-33-32-35-41-46-52-64(5)6/h63-67,72H,7-62H2,1-6H3,(H,77,78)(H,79,80)/t65-,66+,67+/m0/s1. The molecule has 0 aliphatic carbocycles. The predicted octanol–water partition coefficient (Wildman–Crippen LogP) is 20.4. The molecule has 19 heteroatoms. The number of aliphatic hydroxyl groups excluding tert-OH is 1. The number of carbonyl (C=O) groups excluding carboxylic acids is 4. The van der Waals surface area contributed by atoms with Gasteiger partial charge in [0.05, 0.1) is 26.4 Å². The third kappa shape index (κ3) is 64.8. The summed E-state index contributed by atoms with van der Waals surface area (Å²) in [6, 6.07) is 0. The van der Waals surface area contributed by atoms with E-state index in [1.807, 2.05) is 0 Å². The minimum absolute atomic E-state index is 0.104. The maximum Gasteiger partial charge on any atom is 0.472 e. The van der Waals surface area contributed by atoms with Crippen LogP contribution in [0.3, 0.4) is 0 Å². The highest BCUT2D eigenvalue weighted by atomic mass is 31.2. The average molecular weight is 1330 g/mol. The smallest absolute Gasteiger partial charge is 0.462 e. The van der Waals surface area contributed by atoms with Gasteiger partial charge < -0.3 is 33.8 Å². The van der Waals surface area contributed by atoms with Crippen LogP contribution in [0, 0.1) is 11.8 Å². The summed E-state index contributed by atoms with van der Waals surface area (Å²) in [5.74, 6) is -0.676. The third-order valence-electron chi connectivity index (χ3n) is 16.5. The van der Waals surface area contributed by atoms with Crippen LogP contribution in [-0.2, 0) is 65.4 Å². The fourth-order valence-electron chi connectivity index (χ4n) is 10.8. The lowest BCUT2D eigenvalue weighted by atomic mass is 10.0. The summed E-state index contributed by atoms with van der Waals surface area (Å²) in [6.07, 6.45) is 49.3. The number of carbonyl (C=O) groups is 4. The van der Waals surface area contributed by atoms with Crippen molar-refractivity contribution in [2.75, 3.05) is 39.6 Å². The summed E-state index contributed by atoms with van der Waals surface area (Å²) < 4.78 is 68.0. The molecular formula is C71H138O17P2. The van der Waals surface area contributed by atoms with E-state index in [2.05, 4.69) is 41.5 Å². The van der Waals surface area contributed by atoms with Gasteiger partial charge in [-0.3, -0.25) is 37.3 Å². The number of phosphoric acid groups is 2. The summed E-state index contributed by atoms with van der Waals surface area (Å²) in [5, 5.41) is 10.6. The molecule has 3 N–H and O–H groups in total. The zero-order valence-electron chi connectivity index (χ0n) is 58.4. The lowest BCUT2D eigenvalue weighted by Crippen LogP contribution is -2.30. The molecule has 90 heavy (non-hydrogen) atoms. The van der Waals surface area contributed by atoms with Crippen molar-refractivity contribution >= 4 is 39.5 Å². The van der Waals surface area contributed by atoms with Gasteiger partial charge in [0.15, 0.2) is 12.2 Å². The number of esters is 4. The monoisotopic (exact) mass is 1320 g/mol. The zero-order chi connectivity index (χ0) is 66.5. The van der Waals surface area contributed by atoms with Crippen LogP contribution in [0.1, 0.15) is 363 Å². The van der Waals surface area contributed by atoms with Gasteiger partial charge in [0.1, 0.15) is 19.3 Å². The number of aliphatic hydroxyl groups is 1. The molecule has 0 bridgehead atoms. The van der Waals surface area contributed by atoms with Gasteiger partial charge in [0, 0.05) is 25.7 Å². The highest BCUT2D eigenvalue weighted by Crippen LogP contribution is 2.45. The molecule has 0 aromatic rings. The molecule has 0 aromatic heterocycles. The largest absolute Gasteiger partial charge is 0.472 e. The van der Waals surface area contributed by atoms with Crippen LogP contribution in [0.25, 0.3) is 0 Å². The van der Waals surface area contributed by atoms with Crippen molar-refractivity contribution in [3.05, 3.63) is 0 Å². The Balaban J connectivity index is 5.09. The Bertz CT molecular complexity index is 1750. The molecule has 0 aliphatic rings. The summed E-state index contributed by atoms with van der Waals surface area (Å²) in [5.41, 5.74) is 0. The van der Waals surface area contributed by atoms with Crippen LogP contribution in [0.4, 0.5) is 0 Å². The second kappa shape index (κ2) is 63.1. The fourth-order valence-corrected chi connectivity index (χ4v) is 12.3. The average Bonchev–Trinajstić information content (AvgIpc) is 3.72. The van der Waals surface area contributed by atoms with Crippen molar-refractivity contribution in [1.82, 2.24) is 0 Å². The summed E-state index contributed by atoms with van der Waals surface area (Å²) in [4.78, 5) is 72.2. The van der Waals surface area contributed by atoms with Crippen LogP contribution in [0.15, 0.2) is 0 Å². The molecule has 0 spiro atoms. The van der Waals surface area contributed by atoms with Gasteiger partial charge in [-0.05, 0) is 37.5 Å². The summed E-state index contributed by atoms with van der Waals surface area (Å²) in [6.45, 7) is 9.39. The Labute approximate surface area is 549 Å². The molecule has 0 aliphatic heterocycles. The van der Waals surface area contributed by atoms with Crippen molar-refractivity contribution in [2.24, 2.45) is 11.8 Å². The van der Waals surface area contributed by atoms with Gasteiger partial charge in [-0.25, -0.2) is 9.13 Å². The van der Waals surface area contributed by atoms with E-state index in [-0.39, 0.29) is 25.7 Å². The van der Waals surface area contributed by atoms with Crippen molar-refractivity contribution in [1.29, 1.82) is 0 Å².